The lowest BCUT2D eigenvalue weighted by Gasteiger charge is -2.17. The van der Waals surface area contributed by atoms with Gasteiger partial charge in [-0.2, -0.15) is 0 Å². The molecule has 0 radical (unpaired) electrons. The summed E-state index contributed by atoms with van der Waals surface area (Å²) in [4.78, 5) is 0. The van der Waals surface area contributed by atoms with E-state index in [1.54, 1.807) is 0 Å². The van der Waals surface area contributed by atoms with Gasteiger partial charge in [0.1, 0.15) is 0 Å². The Morgan fingerprint density at radius 2 is 1.73 bits per heavy atom. The molecular weight excluding hydrogens is 182 g/mol. The van der Waals surface area contributed by atoms with Gasteiger partial charge in [0.05, 0.1) is 0 Å². The van der Waals surface area contributed by atoms with Crippen LogP contribution < -0.4 is 5.32 Å². The molecule has 1 heterocycles. The Labute approximate surface area is 94.9 Å². The second kappa shape index (κ2) is 8.34. The molecular formula is C14H25N. The molecule has 0 amide bonds. The van der Waals surface area contributed by atoms with Crippen molar-refractivity contribution < 1.29 is 0 Å². The van der Waals surface area contributed by atoms with Crippen LogP contribution in [0.4, 0.5) is 5.69 Å². The van der Waals surface area contributed by atoms with Crippen molar-refractivity contribution >= 4 is 5.69 Å². The minimum absolute atomic E-state index is 1.13. The van der Waals surface area contributed by atoms with E-state index in [1.165, 1.54) is 29.7 Å². The van der Waals surface area contributed by atoms with Crippen LogP contribution in [0.1, 0.15) is 45.2 Å². The zero-order valence-corrected chi connectivity index (χ0v) is 10.9. The second-order valence-electron chi connectivity index (χ2n) is 3.19. The van der Waals surface area contributed by atoms with E-state index in [0.717, 1.165) is 6.54 Å². The third kappa shape index (κ3) is 4.37. The molecule has 1 aliphatic rings. The average molecular weight is 207 g/mol. The lowest BCUT2D eigenvalue weighted by molar-refractivity contribution is 0.829. The smallest absolute Gasteiger partial charge is 0.0372 e. The van der Waals surface area contributed by atoms with Crippen molar-refractivity contribution in [3.05, 3.63) is 29.3 Å². The number of anilines is 1. The monoisotopic (exact) mass is 207 g/mol. The summed E-state index contributed by atoms with van der Waals surface area (Å²) in [6.45, 7) is 11.3. The molecule has 0 aromatic heterocycles. The summed E-state index contributed by atoms with van der Waals surface area (Å²) in [5, 5.41) is 3.39. The Kier molecular flexibility index (Phi) is 7.79. The molecule has 0 atom stereocenters. The molecule has 0 saturated carbocycles. The number of benzene rings is 1. The molecule has 0 saturated heterocycles. The summed E-state index contributed by atoms with van der Waals surface area (Å²) >= 11 is 0. The molecule has 1 N–H and O–H groups in total. The number of nitrogens with one attached hydrogen (secondary N) is 1. The maximum absolute atomic E-state index is 3.39. The summed E-state index contributed by atoms with van der Waals surface area (Å²) in [5.74, 6) is 0. The van der Waals surface area contributed by atoms with E-state index in [1.807, 2.05) is 27.7 Å². The van der Waals surface area contributed by atoms with Crippen molar-refractivity contribution in [3.63, 3.8) is 0 Å². The number of rotatable bonds is 0. The molecule has 0 spiro atoms. The van der Waals surface area contributed by atoms with E-state index in [4.69, 9.17) is 0 Å². The molecule has 1 aromatic carbocycles. The molecule has 1 aromatic rings. The third-order valence-corrected chi connectivity index (χ3v) is 2.20. The molecule has 1 heteroatoms. The van der Waals surface area contributed by atoms with Crippen LogP contribution in [-0.2, 0) is 6.42 Å². The van der Waals surface area contributed by atoms with Crippen LogP contribution in [0, 0.1) is 6.92 Å². The first-order valence-electron chi connectivity index (χ1n) is 6.20. The Morgan fingerprint density at radius 3 is 2.40 bits per heavy atom. The fourth-order valence-corrected chi connectivity index (χ4v) is 1.60. The molecule has 0 unspecified atom stereocenters. The Balaban J connectivity index is 0.000000442. The Hall–Kier alpha value is -0.980. The zero-order valence-electron chi connectivity index (χ0n) is 10.9. The van der Waals surface area contributed by atoms with Crippen molar-refractivity contribution in [1.29, 1.82) is 0 Å². The van der Waals surface area contributed by atoms with Crippen molar-refractivity contribution in [2.24, 2.45) is 0 Å². The predicted octanol–water partition coefficient (Wildman–Crippen LogP) is 4.41. The van der Waals surface area contributed by atoms with Crippen LogP contribution in [0.5, 0.6) is 0 Å². The maximum atomic E-state index is 3.39. The number of aryl methyl sites for hydroxylation is 2. The van der Waals surface area contributed by atoms with Crippen molar-refractivity contribution in [2.75, 3.05) is 11.9 Å². The number of fused-ring (bicyclic) bond motifs is 1. The van der Waals surface area contributed by atoms with Crippen LogP contribution in [0.2, 0.25) is 0 Å². The largest absolute Gasteiger partial charge is 0.385 e. The molecule has 0 fully saturated rings. The van der Waals surface area contributed by atoms with Gasteiger partial charge in [-0.15, -0.1) is 0 Å². The molecule has 0 bridgehead atoms. The van der Waals surface area contributed by atoms with Crippen LogP contribution in [0.3, 0.4) is 0 Å². The summed E-state index contributed by atoms with van der Waals surface area (Å²) in [6.07, 6.45) is 2.51. The Morgan fingerprint density at radius 1 is 1.07 bits per heavy atom. The molecule has 86 valence electrons. The molecule has 2 rings (SSSR count). The number of hydrogen-bond acceptors (Lipinski definition) is 1. The van der Waals surface area contributed by atoms with Gasteiger partial charge >= 0.3 is 0 Å². The highest BCUT2D eigenvalue weighted by molar-refractivity contribution is 5.54. The van der Waals surface area contributed by atoms with Crippen LogP contribution in [0.25, 0.3) is 0 Å². The quantitative estimate of drug-likeness (QED) is 0.664. The first-order valence-corrected chi connectivity index (χ1v) is 6.20. The standard InChI is InChI=1S/C10H13N.2C2H6/c1-8-4-5-10-9(7-8)3-2-6-11-10;2*1-2/h4-5,7,11H,2-3,6H2,1H3;2*1-2H3. The van der Waals surface area contributed by atoms with Crippen LogP contribution in [0.15, 0.2) is 18.2 Å². The van der Waals surface area contributed by atoms with Gasteiger partial charge in [-0.05, 0) is 31.4 Å². The normalized spacial score (nSPS) is 12.1. The summed E-state index contributed by atoms with van der Waals surface area (Å²) in [5.41, 5.74) is 4.19. The van der Waals surface area contributed by atoms with Crippen molar-refractivity contribution in [3.8, 4) is 0 Å². The molecule has 1 nitrogen and oxygen atoms in total. The fourth-order valence-electron chi connectivity index (χ4n) is 1.60. The first-order chi connectivity index (χ1) is 7.36. The van der Waals surface area contributed by atoms with E-state index < -0.39 is 0 Å². The lowest BCUT2D eigenvalue weighted by Crippen LogP contribution is -2.11. The minimum Gasteiger partial charge on any atom is -0.385 e. The van der Waals surface area contributed by atoms with E-state index >= 15 is 0 Å². The average Bonchev–Trinajstić information content (AvgIpc) is 2.34. The first kappa shape index (κ1) is 14.0. The highest BCUT2D eigenvalue weighted by Crippen LogP contribution is 2.22. The van der Waals surface area contributed by atoms with E-state index in [0.29, 0.717) is 0 Å². The lowest BCUT2D eigenvalue weighted by atomic mass is 10.0. The van der Waals surface area contributed by atoms with Crippen LogP contribution >= 0.6 is 0 Å². The van der Waals surface area contributed by atoms with E-state index in [2.05, 4.69) is 30.4 Å². The molecule has 15 heavy (non-hydrogen) atoms. The molecule has 0 aliphatic carbocycles. The van der Waals surface area contributed by atoms with Gasteiger partial charge in [0.2, 0.25) is 0 Å². The topological polar surface area (TPSA) is 12.0 Å². The van der Waals surface area contributed by atoms with Gasteiger partial charge in [0.25, 0.3) is 0 Å². The van der Waals surface area contributed by atoms with Crippen LogP contribution in [-0.4, -0.2) is 6.54 Å². The van der Waals surface area contributed by atoms with E-state index in [9.17, 15) is 0 Å². The fraction of sp³-hybridized carbons (Fsp3) is 0.571. The van der Waals surface area contributed by atoms with Gasteiger partial charge in [-0.3, -0.25) is 0 Å². The van der Waals surface area contributed by atoms with Gasteiger partial charge in [0.15, 0.2) is 0 Å². The maximum Gasteiger partial charge on any atom is 0.0372 e. The highest BCUT2D eigenvalue weighted by Gasteiger charge is 2.06. The van der Waals surface area contributed by atoms with Gasteiger partial charge in [0, 0.05) is 12.2 Å². The van der Waals surface area contributed by atoms with E-state index in [-0.39, 0.29) is 0 Å². The van der Waals surface area contributed by atoms with Gasteiger partial charge in [-0.25, -0.2) is 0 Å². The minimum atomic E-state index is 1.13. The van der Waals surface area contributed by atoms with Gasteiger partial charge < -0.3 is 5.32 Å². The Bertz CT molecular complexity index is 266. The zero-order chi connectivity index (χ0) is 11.7. The summed E-state index contributed by atoms with van der Waals surface area (Å²) < 4.78 is 0. The third-order valence-electron chi connectivity index (χ3n) is 2.20. The predicted molar refractivity (Wildman–Crippen MR) is 70.7 cm³/mol. The number of hydrogen-bond donors (Lipinski definition) is 1. The summed E-state index contributed by atoms with van der Waals surface area (Å²) in [7, 11) is 0. The molecule has 1 aliphatic heterocycles. The highest BCUT2D eigenvalue weighted by atomic mass is 14.9. The second-order valence-corrected chi connectivity index (χ2v) is 3.19. The van der Waals surface area contributed by atoms with Crippen molar-refractivity contribution in [1.82, 2.24) is 0 Å². The summed E-state index contributed by atoms with van der Waals surface area (Å²) in [6, 6.07) is 6.63. The van der Waals surface area contributed by atoms with Crippen molar-refractivity contribution in [2.45, 2.75) is 47.5 Å². The van der Waals surface area contributed by atoms with Gasteiger partial charge in [-0.1, -0.05) is 45.4 Å². The SMILES string of the molecule is CC.CC.Cc1ccc2c(c1)CCCN2.